The summed E-state index contributed by atoms with van der Waals surface area (Å²) in [5.41, 5.74) is 6.47. The highest BCUT2D eigenvalue weighted by atomic mass is 19.1. The Hall–Kier alpha value is -2.69. The molecule has 3 rings (SSSR count). The van der Waals surface area contributed by atoms with Crippen molar-refractivity contribution in [3.8, 4) is 0 Å². The molecule has 5 heteroatoms. The van der Waals surface area contributed by atoms with E-state index in [-0.39, 0.29) is 11.4 Å². The van der Waals surface area contributed by atoms with Crippen molar-refractivity contribution in [1.82, 2.24) is 0 Å². The van der Waals surface area contributed by atoms with Gasteiger partial charge >= 0.3 is 0 Å². The van der Waals surface area contributed by atoms with Crippen LogP contribution in [0.5, 0.6) is 0 Å². The van der Waals surface area contributed by atoms with Crippen LogP contribution in [-0.4, -0.2) is 11.8 Å². The first-order valence-corrected chi connectivity index (χ1v) is 5.62. The zero-order chi connectivity index (χ0) is 13.6. The molecule has 0 saturated carbocycles. The van der Waals surface area contributed by atoms with Gasteiger partial charge in [0, 0.05) is 5.69 Å². The highest BCUT2D eigenvalue weighted by molar-refractivity contribution is 6.34. The van der Waals surface area contributed by atoms with E-state index in [1.165, 1.54) is 6.07 Å². The number of carbonyl (C=O) groups is 2. The van der Waals surface area contributed by atoms with E-state index in [1.54, 1.807) is 24.3 Å². The average Bonchev–Trinajstić information content (AvgIpc) is 2.61. The van der Waals surface area contributed by atoms with E-state index in [0.29, 0.717) is 11.1 Å². The smallest absolute Gasteiger partial charge is 0.266 e. The average molecular weight is 256 g/mol. The molecule has 0 aromatic heterocycles. The molecule has 2 aromatic rings. The number of benzene rings is 2. The Morgan fingerprint density at radius 2 is 1.53 bits per heavy atom. The van der Waals surface area contributed by atoms with Gasteiger partial charge in [-0.2, -0.15) is 0 Å². The highest BCUT2D eigenvalue weighted by Gasteiger charge is 2.36. The van der Waals surface area contributed by atoms with Gasteiger partial charge in [0.25, 0.3) is 11.8 Å². The van der Waals surface area contributed by atoms with Crippen LogP contribution >= 0.6 is 0 Å². The predicted molar refractivity (Wildman–Crippen MR) is 68.4 cm³/mol. The number of nitrogen functional groups attached to an aromatic ring is 1. The van der Waals surface area contributed by atoms with E-state index in [9.17, 15) is 14.0 Å². The summed E-state index contributed by atoms with van der Waals surface area (Å²) in [6.07, 6.45) is 0. The fraction of sp³-hybridized carbons (Fsp3) is 0. The molecule has 0 saturated heterocycles. The molecule has 0 radical (unpaired) electrons. The highest BCUT2D eigenvalue weighted by Crippen LogP contribution is 2.29. The second-order valence-corrected chi connectivity index (χ2v) is 4.23. The molecule has 0 unspecified atom stereocenters. The minimum absolute atomic E-state index is 0.142. The Labute approximate surface area is 108 Å². The molecule has 0 spiro atoms. The summed E-state index contributed by atoms with van der Waals surface area (Å²) in [5.74, 6) is -1.53. The number of nitrogens with zero attached hydrogens (tertiary/aromatic N) is 1. The fourth-order valence-electron chi connectivity index (χ4n) is 2.15. The molecule has 19 heavy (non-hydrogen) atoms. The number of nitrogens with two attached hydrogens (primary N) is 1. The van der Waals surface area contributed by atoms with Gasteiger partial charge < -0.3 is 5.73 Å². The van der Waals surface area contributed by atoms with Crippen molar-refractivity contribution >= 4 is 23.2 Å². The first-order chi connectivity index (χ1) is 9.08. The van der Waals surface area contributed by atoms with Crippen LogP contribution in [0.2, 0.25) is 0 Å². The van der Waals surface area contributed by atoms with E-state index < -0.39 is 17.6 Å². The van der Waals surface area contributed by atoms with E-state index >= 15 is 0 Å². The van der Waals surface area contributed by atoms with Gasteiger partial charge in [-0.05, 0) is 30.3 Å². The van der Waals surface area contributed by atoms with Crippen molar-refractivity contribution in [2.45, 2.75) is 0 Å². The minimum atomic E-state index is -0.591. The summed E-state index contributed by atoms with van der Waals surface area (Å²) in [4.78, 5) is 25.3. The number of hydrogen-bond donors (Lipinski definition) is 1. The van der Waals surface area contributed by atoms with Crippen LogP contribution in [-0.2, 0) is 0 Å². The maximum atomic E-state index is 13.3. The van der Waals surface area contributed by atoms with Crippen molar-refractivity contribution in [1.29, 1.82) is 0 Å². The Morgan fingerprint density at radius 1 is 0.947 bits per heavy atom. The molecule has 1 aliphatic rings. The Bertz CT molecular complexity index is 657. The van der Waals surface area contributed by atoms with Gasteiger partial charge in [-0.25, -0.2) is 9.29 Å². The molecule has 0 bridgehead atoms. The molecule has 1 aliphatic heterocycles. The summed E-state index contributed by atoms with van der Waals surface area (Å²) in [5, 5.41) is 0. The van der Waals surface area contributed by atoms with Crippen molar-refractivity contribution < 1.29 is 14.0 Å². The Morgan fingerprint density at radius 3 is 2.05 bits per heavy atom. The minimum Gasteiger partial charge on any atom is -0.399 e. The van der Waals surface area contributed by atoms with Gasteiger partial charge in [0.2, 0.25) is 0 Å². The molecule has 4 nitrogen and oxygen atoms in total. The summed E-state index contributed by atoms with van der Waals surface area (Å²) in [6.45, 7) is 0. The molecule has 2 aromatic carbocycles. The second-order valence-electron chi connectivity index (χ2n) is 4.23. The molecule has 1 heterocycles. The van der Waals surface area contributed by atoms with E-state index in [4.69, 9.17) is 5.73 Å². The van der Waals surface area contributed by atoms with Gasteiger partial charge in [0.05, 0.1) is 16.8 Å². The third kappa shape index (κ3) is 1.67. The zero-order valence-electron chi connectivity index (χ0n) is 9.76. The van der Waals surface area contributed by atoms with Crippen LogP contribution in [0.1, 0.15) is 20.7 Å². The first kappa shape index (κ1) is 11.4. The number of hydrogen-bond acceptors (Lipinski definition) is 3. The van der Waals surface area contributed by atoms with Crippen molar-refractivity contribution in [3.63, 3.8) is 0 Å². The number of amides is 2. The SMILES string of the molecule is Nc1cc(F)cc(N2C(=O)c3ccccc3C2=O)c1. The number of fused-ring (bicyclic) bond motifs is 1. The normalized spacial score (nSPS) is 13.8. The van der Waals surface area contributed by atoms with E-state index in [1.807, 2.05) is 0 Å². The fourth-order valence-corrected chi connectivity index (χ4v) is 2.15. The van der Waals surface area contributed by atoms with Crippen LogP contribution in [0.15, 0.2) is 42.5 Å². The van der Waals surface area contributed by atoms with Crippen LogP contribution in [0.3, 0.4) is 0 Å². The Balaban J connectivity index is 2.14. The molecular formula is C14H9FN2O2. The number of carbonyl (C=O) groups excluding carboxylic acids is 2. The van der Waals surface area contributed by atoms with Gasteiger partial charge in [0.1, 0.15) is 5.82 Å². The van der Waals surface area contributed by atoms with E-state index in [0.717, 1.165) is 17.0 Å². The molecule has 2 N–H and O–H groups in total. The van der Waals surface area contributed by atoms with Crippen LogP contribution in [0.25, 0.3) is 0 Å². The van der Waals surface area contributed by atoms with Crippen LogP contribution < -0.4 is 10.6 Å². The second kappa shape index (κ2) is 3.91. The number of rotatable bonds is 1. The largest absolute Gasteiger partial charge is 0.399 e. The van der Waals surface area contributed by atoms with Gasteiger partial charge in [0.15, 0.2) is 0 Å². The summed E-state index contributed by atoms with van der Waals surface area (Å²) >= 11 is 0. The van der Waals surface area contributed by atoms with Crippen LogP contribution in [0, 0.1) is 5.82 Å². The zero-order valence-corrected chi connectivity index (χ0v) is 9.76. The van der Waals surface area contributed by atoms with E-state index in [2.05, 4.69) is 0 Å². The lowest BCUT2D eigenvalue weighted by atomic mass is 10.1. The van der Waals surface area contributed by atoms with Gasteiger partial charge in [-0.1, -0.05) is 12.1 Å². The van der Waals surface area contributed by atoms with Gasteiger partial charge in [-0.15, -0.1) is 0 Å². The van der Waals surface area contributed by atoms with Crippen molar-refractivity contribution in [3.05, 3.63) is 59.4 Å². The van der Waals surface area contributed by atoms with Crippen molar-refractivity contribution in [2.24, 2.45) is 0 Å². The number of anilines is 2. The topological polar surface area (TPSA) is 63.4 Å². The standard InChI is InChI=1S/C14H9FN2O2/c15-8-5-9(16)7-10(6-8)17-13(18)11-3-1-2-4-12(11)14(17)19/h1-7H,16H2. The summed E-state index contributed by atoms with van der Waals surface area (Å²) < 4.78 is 13.3. The quantitative estimate of drug-likeness (QED) is 0.628. The first-order valence-electron chi connectivity index (χ1n) is 5.62. The maximum absolute atomic E-state index is 13.3. The summed E-state index contributed by atoms with van der Waals surface area (Å²) in [6, 6.07) is 10.1. The number of halogens is 1. The third-order valence-corrected chi connectivity index (χ3v) is 2.96. The molecule has 0 atom stereocenters. The monoisotopic (exact) mass is 256 g/mol. The molecule has 0 fully saturated rings. The molecule has 94 valence electrons. The lowest BCUT2D eigenvalue weighted by Gasteiger charge is -2.14. The summed E-state index contributed by atoms with van der Waals surface area (Å²) in [7, 11) is 0. The lowest BCUT2D eigenvalue weighted by Crippen LogP contribution is -2.29. The predicted octanol–water partition coefficient (Wildman–Crippen LogP) is 2.21. The molecule has 2 amide bonds. The number of imide groups is 1. The van der Waals surface area contributed by atoms with Crippen LogP contribution in [0.4, 0.5) is 15.8 Å². The maximum Gasteiger partial charge on any atom is 0.266 e. The van der Waals surface area contributed by atoms with Gasteiger partial charge in [-0.3, -0.25) is 9.59 Å². The lowest BCUT2D eigenvalue weighted by molar-refractivity contribution is 0.0926. The molecule has 0 aliphatic carbocycles. The Kier molecular flexibility index (Phi) is 2.35. The molecular weight excluding hydrogens is 247 g/mol. The van der Waals surface area contributed by atoms with Crippen molar-refractivity contribution in [2.75, 3.05) is 10.6 Å². The third-order valence-electron chi connectivity index (χ3n) is 2.96.